The molecule has 0 unspecified atom stereocenters. The second-order valence-corrected chi connectivity index (χ2v) is 8.64. The van der Waals surface area contributed by atoms with Crippen LogP contribution in [0.5, 0.6) is 0 Å². The number of nitrogens with one attached hydrogen (secondary N) is 1. The highest BCUT2D eigenvalue weighted by atomic mass is 35.7. The summed E-state index contributed by atoms with van der Waals surface area (Å²) in [6, 6.07) is 2.28. The lowest BCUT2D eigenvalue weighted by molar-refractivity contribution is 0.0909. The molecule has 0 bridgehead atoms. The van der Waals surface area contributed by atoms with Crippen LogP contribution in [0.4, 0.5) is 0 Å². The number of amides is 1. The molecular weight excluding hydrogens is 357 g/mol. The van der Waals surface area contributed by atoms with E-state index in [1.165, 1.54) is 6.07 Å². The van der Waals surface area contributed by atoms with Gasteiger partial charge in [-0.25, -0.2) is 8.42 Å². The molecule has 1 aromatic rings. The van der Waals surface area contributed by atoms with Crippen LogP contribution in [-0.4, -0.2) is 19.9 Å². The molecule has 0 radical (unpaired) electrons. The molecule has 1 N–H and O–H groups in total. The number of benzene rings is 1. The van der Waals surface area contributed by atoms with Gasteiger partial charge in [-0.05, 0) is 32.4 Å². The fraction of sp³-hybridized carbons (Fsp3) is 0.462. The van der Waals surface area contributed by atoms with Gasteiger partial charge in [0, 0.05) is 16.2 Å². The zero-order valence-corrected chi connectivity index (χ0v) is 14.9. The van der Waals surface area contributed by atoms with E-state index in [9.17, 15) is 13.2 Å². The van der Waals surface area contributed by atoms with Gasteiger partial charge in [0.15, 0.2) is 0 Å². The molecule has 21 heavy (non-hydrogen) atoms. The Hall–Kier alpha value is -0.490. The average Bonchev–Trinajstić information content (AvgIpc) is 2.25. The molecule has 0 aliphatic heterocycles. The lowest BCUT2D eigenvalue weighted by Gasteiger charge is -2.26. The van der Waals surface area contributed by atoms with E-state index in [-0.39, 0.29) is 20.5 Å². The number of carbonyl (C=O) groups excluding carboxylic acids is 1. The van der Waals surface area contributed by atoms with Gasteiger partial charge < -0.3 is 5.32 Å². The number of hydrogen-bond donors (Lipinski definition) is 1. The molecule has 0 heterocycles. The summed E-state index contributed by atoms with van der Waals surface area (Å²) < 4.78 is 22.9. The fourth-order valence-electron chi connectivity index (χ4n) is 1.95. The Morgan fingerprint density at radius 1 is 1.24 bits per heavy atom. The van der Waals surface area contributed by atoms with Crippen molar-refractivity contribution in [2.45, 2.75) is 44.0 Å². The first-order chi connectivity index (χ1) is 9.48. The van der Waals surface area contributed by atoms with Crippen molar-refractivity contribution in [2.75, 3.05) is 0 Å². The third-order valence-electron chi connectivity index (χ3n) is 2.86. The third kappa shape index (κ3) is 5.02. The standard InChI is InChI=1S/C13H16Cl3NO3S/c1-4-5-13(2,3)17-12(18)8-6-11(21(16,19)20)10(15)7-9(8)14/h6-7H,4-5H2,1-3H3,(H,17,18). The second kappa shape index (κ2) is 6.73. The molecule has 1 rings (SSSR count). The van der Waals surface area contributed by atoms with Crippen molar-refractivity contribution in [1.82, 2.24) is 5.32 Å². The van der Waals surface area contributed by atoms with Crippen molar-refractivity contribution < 1.29 is 13.2 Å². The molecule has 0 aliphatic rings. The van der Waals surface area contributed by atoms with E-state index in [1.54, 1.807) is 0 Å². The molecule has 0 spiro atoms. The second-order valence-electron chi connectivity index (χ2n) is 5.29. The number of hydrogen-bond acceptors (Lipinski definition) is 3. The van der Waals surface area contributed by atoms with Gasteiger partial charge in [-0.3, -0.25) is 4.79 Å². The molecule has 8 heteroatoms. The normalized spacial score (nSPS) is 12.3. The largest absolute Gasteiger partial charge is 0.347 e. The summed E-state index contributed by atoms with van der Waals surface area (Å²) in [5.74, 6) is -0.475. The quantitative estimate of drug-likeness (QED) is 0.787. The molecule has 118 valence electrons. The maximum absolute atomic E-state index is 12.3. The highest BCUT2D eigenvalue weighted by Crippen LogP contribution is 2.31. The zero-order valence-electron chi connectivity index (χ0n) is 11.8. The Bertz CT molecular complexity index is 657. The predicted molar refractivity (Wildman–Crippen MR) is 86.0 cm³/mol. The topological polar surface area (TPSA) is 63.2 Å². The van der Waals surface area contributed by atoms with Crippen LogP contribution in [0.3, 0.4) is 0 Å². The number of carbonyl (C=O) groups is 1. The maximum atomic E-state index is 12.3. The Morgan fingerprint density at radius 3 is 2.29 bits per heavy atom. The molecule has 0 aliphatic carbocycles. The summed E-state index contributed by atoms with van der Waals surface area (Å²) >= 11 is 11.8. The fourth-order valence-corrected chi connectivity index (χ4v) is 3.78. The van der Waals surface area contributed by atoms with E-state index in [2.05, 4.69) is 5.32 Å². The third-order valence-corrected chi connectivity index (χ3v) is 4.96. The van der Waals surface area contributed by atoms with Crippen molar-refractivity contribution in [1.29, 1.82) is 0 Å². The predicted octanol–water partition coefficient (Wildman–Crippen LogP) is 4.23. The maximum Gasteiger partial charge on any atom is 0.262 e. The van der Waals surface area contributed by atoms with E-state index < -0.39 is 20.5 Å². The lowest BCUT2D eigenvalue weighted by atomic mass is 9.98. The number of halogens is 3. The summed E-state index contributed by atoms with van der Waals surface area (Å²) in [6.07, 6.45) is 1.66. The van der Waals surface area contributed by atoms with Gasteiger partial charge in [0.2, 0.25) is 0 Å². The summed E-state index contributed by atoms with van der Waals surface area (Å²) in [5, 5.41) is 2.75. The molecule has 0 saturated carbocycles. The Labute approximate surface area is 139 Å². The highest BCUT2D eigenvalue weighted by Gasteiger charge is 2.24. The average molecular weight is 373 g/mol. The Kier molecular flexibility index (Phi) is 5.95. The molecule has 0 atom stereocenters. The van der Waals surface area contributed by atoms with Crippen LogP contribution in [0.2, 0.25) is 10.0 Å². The lowest BCUT2D eigenvalue weighted by Crippen LogP contribution is -2.43. The minimum absolute atomic E-state index is 0.0180. The van der Waals surface area contributed by atoms with E-state index >= 15 is 0 Å². The van der Waals surface area contributed by atoms with E-state index in [4.69, 9.17) is 33.9 Å². The van der Waals surface area contributed by atoms with Crippen molar-refractivity contribution >= 4 is 48.8 Å². The molecule has 0 aromatic heterocycles. The zero-order chi connectivity index (χ0) is 16.4. The van der Waals surface area contributed by atoms with Crippen molar-refractivity contribution in [3.63, 3.8) is 0 Å². The van der Waals surface area contributed by atoms with Gasteiger partial charge in [-0.2, -0.15) is 0 Å². The van der Waals surface area contributed by atoms with E-state index in [0.717, 1.165) is 18.9 Å². The van der Waals surface area contributed by atoms with Crippen LogP contribution >= 0.6 is 33.9 Å². The molecular formula is C13H16Cl3NO3S. The van der Waals surface area contributed by atoms with Gasteiger partial charge in [0.05, 0.1) is 15.6 Å². The van der Waals surface area contributed by atoms with Crippen LogP contribution in [0.25, 0.3) is 0 Å². The van der Waals surface area contributed by atoms with Gasteiger partial charge in [0.25, 0.3) is 15.0 Å². The molecule has 0 saturated heterocycles. The van der Waals surface area contributed by atoms with Crippen molar-refractivity contribution in [2.24, 2.45) is 0 Å². The van der Waals surface area contributed by atoms with Crippen molar-refractivity contribution in [3.05, 3.63) is 27.7 Å². The summed E-state index contributed by atoms with van der Waals surface area (Å²) in [7, 11) is 1.23. The van der Waals surface area contributed by atoms with Crippen LogP contribution in [0.1, 0.15) is 44.0 Å². The summed E-state index contributed by atoms with van der Waals surface area (Å²) in [6.45, 7) is 5.75. The first-order valence-electron chi connectivity index (χ1n) is 6.24. The Balaban J connectivity index is 3.22. The minimum atomic E-state index is -4.06. The molecule has 1 aromatic carbocycles. The number of rotatable bonds is 5. The monoisotopic (exact) mass is 371 g/mol. The first-order valence-corrected chi connectivity index (χ1v) is 9.30. The summed E-state index contributed by atoms with van der Waals surface area (Å²) in [4.78, 5) is 11.9. The van der Waals surface area contributed by atoms with Gasteiger partial charge in [-0.1, -0.05) is 36.5 Å². The molecule has 4 nitrogen and oxygen atoms in total. The highest BCUT2D eigenvalue weighted by molar-refractivity contribution is 8.13. The summed E-state index contributed by atoms with van der Waals surface area (Å²) in [5.41, 5.74) is -0.418. The van der Waals surface area contributed by atoms with Crippen molar-refractivity contribution in [3.8, 4) is 0 Å². The van der Waals surface area contributed by atoms with Crippen LogP contribution in [0.15, 0.2) is 17.0 Å². The first kappa shape index (κ1) is 18.6. The van der Waals surface area contributed by atoms with E-state index in [1.807, 2.05) is 20.8 Å². The molecule has 1 amide bonds. The van der Waals surface area contributed by atoms with Gasteiger partial charge >= 0.3 is 0 Å². The van der Waals surface area contributed by atoms with Gasteiger partial charge in [0.1, 0.15) is 4.90 Å². The molecule has 0 fully saturated rings. The van der Waals surface area contributed by atoms with Crippen LogP contribution < -0.4 is 5.32 Å². The smallest absolute Gasteiger partial charge is 0.262 e. The van der Waals surface area contributed by atoms with Gasteiger partial charge in [-0.15, -0.1) is 0 Å². The Morgan fingerprint density at radius 2 is 1.81 bits per heavy atom. The SMILES string of the molecule is CCCC(C)(C)NC(=O)c1cc(S(=O)(=O)Cl)c(Cl)cc1Cl. The van der Waals surface area contributed by atoms with E-state index in [0.29, 0.717) is 0 Å². The van der Waals surface area contributed by atoms with Crippen LogP contribution in [0, 0.1) is 0 Å². The minimum Gasteiger partial charge on any atom is -0.347 e. The van der Waals surface area contributed by atoms with Crippen LogP contribution in [-0.2, 0) is 9.05 Å².